The minimum absolute atomic E-state index is 0.259. The fourth-order valence-corrected chi connectivity index (χ4v) is 6.35. The topological polar surface area (TPSA) is 55.8 Å². The van der Waals surface area contributed by atoms with Crippen molar-refractivity contribution in [3.63, 3.8) is 0 Å². The van der Waals surface area contributed by atoms with Crippen molar-refractivity contribution in [2.24, 2.45) is 0 Å². The van der Waals surface area contributed by atoms with Gasteiger partial charge in [0.05, 0.1) is 24.5 Å². The molecule has 0 N–H and O–H groups in total. The minimum Gasteiger partial charge on any atom is -0.497 e. The van der Waals surface area contributed by atoms with E-state index >= 15 is 0 Å². The molecule has 0 aromatic heterocycles. The highest BCUT2D eigenvalue weighted by Gasteiger charge is 2.38. The van der Waals surface area contributed by atoms with Gasteiger partial charge in [-0.3, -0.25) is 0 Å². The lowest BCUT2D eigenvalue weighted by molar-refractivity contribution is 0.390. The van der Waals surface area contributed by atoms with E-state index in [4.69, 9.17) is 9.47 Å². The Morgan fingerprint density at radius 1 is 1.12 bits per heavy atom. The summed E-state index contributed by atoms with van der Waals surface area (Å²) < 4.78 is 39.2. The zero-order chi connectivity index (χ0) is 18.0. The number of halogens is 1. The van der Waals surface area contributed by atoms with Gasteiger partial charge < -0.3 is 9.47 Å². The van der Waals surface area contributed by atoms with Crippen molar-refractivity contribution >= 4 is 37.7 Å². The lowest BCUT2D eigenvalue weighted by Crippen LogP contribution is -2.30. The first-order chi connectivity index (χ1) is 12.0. The molecule has 0 bridgehead atoms. The normalized spacial score (nSPS) is 18.3. The number of benzene rings is 2. The first-order valence-electron chi connectivity index (χ1n) is 7.58. The van der Waals surface area contributed by atoms with Crippen LogP contribution in [-0.2, 0) is 10.0 Å². The van der Waals surface area contributed by atoms with E-state index in [-0.39, 0.29) is 10.3 Å². The highest BCUT2D eigenvalue weighted by atomic mass is 79.9. The van der Waals surface area contributed by atoms with Crippen LogP contribution in [-0.4, -0.2) is 39.2 Å². The van der Waals surface area contributed by atoms with E-state index < -0.39 is 10.0 Å². The van der Waals surface area contributed by atoms with Gasteiger partial charge in [-0.2, -0.15) is 4.31 Å². The third-order valence-corrected chi connectivity index (χ3v) is 7.72. The van der Waals surface area contributed by atoms with Crippen LogP contribution in [0.1, 0.15) is 10.9 Å². The van der Waals surface area contributed by atoms with E-state index in [1.807, 2.05) is 18.2 Å². The molecule has 25 heavy (non-hydrogen) atoms. The third kappa shape index (κ3) is 3.67. The van der Waals surface area contributed by atoms with Gasteiger partial charge in [0, 0.05) is 22.3 Å². The van der Waals surface area contributed by atoms with E-state index in [2.05, 4.69) is 15.9 Å². The Labute approximate surface area is 160 Å². The van der Waals surface area contributed by atoms with Crippen molar-refractivity contribution in [1.82, 2.24) is 4.31 Å². The van der Waals surface area contributed by atoms with Gasteiger partial charge in [-0.1, -0.05) is 15.9 Å². The fraction of sp³-hybridized carbons (Fsp3) is 0.294. The molecule has 8 heteroatoms. The van der Waals surface area contributed by atoms with Crippen molar-refractivity contribution in [2.75, 3.05) is 26.5 Å². The molecule has 1 aliphatic heterocycles. The lowest BCUT2D eigenvalue weighted by Gasteiger charge is -2.25. The number of methoxy groups -OCH3 is 2. The number of hydrogen-bond acceptors (Lipinski definition) is 5. The van der Waals surface area contributed by atoms with Crippen molar-refractivity contribution in [3.8, 4) is 11.5 Å². The molecule has 5 nitrogen and oxygen atoms in total. The van der Waals surface area contributed by atoms with Crippen LogP contribution in [0.5, 0.6) is 11.5 Å². The predicted molar refractivity (Wildman–Crippen MR) is 103 cm³/mol. The first-order valence-corrected chi connectivity index (χ1v) is 10.9. The first kappa shape index (κ1) is 18.6. The molecule has 0 unspecified atom stereocenters. The van der Waals surface area contributed by atoms with Crippen LogP contribution in [0, 0.1) is 0 Å². The number of hydrogen-bond donors (Lipinski definition) is 0. The van der Waals surface area contributed by atoms with Gasteiger partial charge in [-0.05, 0) is 42.5 Å². The van der Waals surface area contributed by atoms with Crippen LogP contribution >= 0.6 is 27.7 Å². The molecule has 2 aromatic rings. The number of rotatable bonds is 5. The second-order valence-electron chi connectivity index (χ2n) is 5.40. The van der Waals surface area contributed by atoms with Crippen molar-refractivity contribution in [3.05, 3.63) is 52.5 Å². The van der Waals surface area contributed by atoms with Gasteiger partial charge in [0.15, 0.2) is 0 Å². The fourth-order valence-electron chi connectivity index (χ4n) is 2.73. The quantitative estimate of drug-likeness (QED) is 0.700. The molecule has 0 saturated carbocycles. The summed E-state index contributed by atoms with van der Waals surface area (Å²) >= 11 is 5.05. The van der Waals surface area contributed by atoms with Crippen LogP contribution in [0.2, 0.25) is 0 Å². The molecule has 1 aliphatic rings. The summed E-state index contributed by atoms with van der Waals surface area (Å²) in [7, 11) is -0.469. The SMILES string of the molecule is COc1ccc(S(=O)(=O)N2CCS[C@H]2c2cc(Br)ccc2OC)cc1. The lowest BCUT2D eigenvalue weighted by atomic mass is 10.2. The van der Waals surface area contributed by atoms with Gasteiger partial charge >= 0.3 is 0 Å². The van der Waals surface area contributed by atoms with Crippen LogP contribution in [0.4, 0.5) is 0 Å². The maximum absolute atomic E-state index is 13.1. The maximum Gasteiger partial charge on any atom is 0.244 e. The minimum atomic E-state index is -3.61. The van der Waals surface area contributed by atoms with E-state index in [0.717, 1.165) is 15.8 Å². The van der Waals surface area contributed by atoms with E-state index in [1.54, 1.807) is 50.2 Å². The van der Waals surface area contributed by atoms with Gasteiger partial charge in [0.1, 0.15) is 11.5 Å². The van der Waals surface area contributed by atoms with Crippen LogP contribution in [0.3, 0.4) is 0 Å². The molecule has 1 atom stereocenters. The summed E-state index contributed by atoms with van der Waals surface area (Å²) in [6, 6.07) is 12.1. The summed E-state index contributed by atoms with van der Waals surface area (Å²) in [5.41, 5.74) is 0.844. The molecule has 0 spiro atoms. The summed E-state index contributed by atoms with van der Waals surface area (Å²) in [6.07, 6.45) is 0. The number of sulfonamides is 1. The zero-order valence-corrected chi connectivity index (χ0v) is 17.0. The van der Waals surface area contributed by atoms with Crippen LogP contribution < -0.4 is 9.47 Å². The number of nitrogens with zero attached hydrogens (tertiary/aromatic N) is 1. The van der Waals surface area contributed by atoms with Crippen molar-refractivity contribution < 1.29 is 17.9 Å². The summed E-state index contributed by atoms with van der Waals surface area (Å²) in [4.78, 5) is 0.259. The average molecular weight is 444 g/mol. The molecule has 0 aliphatic carbocycles. The van der Waals surface area contributed by atoms with Crippen molar-refractivity contribution in [2.45, 2.75) is 10.3 Å². The zero-order valence-electron chi connectivity index (χ0n) is 13.8. The maximum atomic E-state index is 13.1. The second-order valence-corrected chi connectivity index (χ2v) is 9.40. The number of thioether (sulfide) groups is 1. The molecule has 1 saturated heterocycles. The summed E-state index contributed by atoms with van der Waals surface area (Å²) in [5, 5.41) is -0.320. The van der Waals surface area contributed by atoms with Crippen LogP contribution in [0.15, 0.2) is 51.8 Å². The molecule has 0 radical (unpaired) electrons. The Kier molecular flexibility index (Phi) is 5.62. The molecule has 2 aromatic carbocycles. The highest BCUT2D eigenvalue weighted by molar-refractivity contribution is 9.10. The van der Waals surface area contributed by atoms with Gasteiger partial charge in [-0.25, -0.2) is 8.42 Å². The Morgan fingerprint density at radius 2 is 1.84 bits per heavy atom. The molecule has 1 heterocycles. The van der Waals surface area contributed by atoms with Crippen LogP contribution in [0.25, 0.3) is 0 Å². The van der Waals surface area contributed by atoms with Crippen molar-refractivity contribution in [1.29, 1.82) is 0 Å². The van der Waals surface area contributed by atoms with Gasteiger partial charge in [-0.15, -0.1) is 11.8 Å². The molecular weight excluding hydrogens is 426 g/mol. The van der Waals surface area contributed by atoms with Gasteiger partial charge in [0.2, 0.25) is 10.0 Å². The third-order valence-electron chi connectivity index (χ3n) is 3.97. The second kappa shape index (κ2) is 7.57. The molecule has 0 amide bonds. The van der Waals surface area contributed by atoms with E-state index in [9.17, 15) is 8.42 Å². The molecule has 1 fully saturated rings. The summed E-state index contributed by atoms with van der Waals surface area (Å²) in [6.45, 7) is 0.458. The Bertz CT molecular complexity index is 855. The van der Waals surface area contributed by atoms with Gasteiger partial charge in [0.25, 0.3) is 0 Å². The Balaban J connectivity index is 1.99. The Hall–Kier alpha value is -1.22. The van der Waals surface area contributed by atoms with E-state index in [0.29, 0.717) is 18.0 Å². The Morgan fingerprint density at radius 3 is 2.48 bits per heavy atom. The standard InChI is InChI=1S/C17H18BrNO4S2/c1-22-13-4-6-14(7-5-13)25(20,21)19-9-10-24-17(19)15-11-12(18)3-8-16(15)23-2/h3-8,11,17H,9-10H2,1-2H3/t17-/m0/s1. The monoisotopic (exact) mass is 443 g/mol. The summed E-state index contributed by atoms with van der Waals surface area (Å²) in [5.74, 6) is 2.04. The average Bonchev–Trinajstić information content (AvgIpc) is 3.12. The molecular formula is C17H18BrNO4S2. The van der Waals surface area contributed by atoms with E-state index in [1.165, 1.54) is 4.31 Å². The predicted octanol–water partition coefficient (Wildman–Crippen LogP) is 3.90. The molecule has 134 valence electrons. The smallest absolute Gasteiger partial charge is 0.244 e. The highest BCUT2D eigenvalue weighted by Crippen LogP contribution is 2.45. The largest absolute Gasteiger partial charge is 0.497 e. The number of ether oxygens (including phenoxy) is 2. The molecule has 3 rings (SSSR count).